The Morgan fingerprint density at radius 3 is 2.90 bits per heavy atom. The molecule has 0 radical (unpaired) electrons. The maximum atomic E-state index is 14.5. The van der Waals surface area contributed by atoms with Gasteiger partial charge in [-0.3, -0.25) is 4.79 Å². The molecule has 2 saturated heterocycles. The zero-order chi connectivity index (χ0) is 20.1. The molecule has 5 rings (SSSR count). The molecule has 29 heavy (non-hydrogen) atoms. The number of alkyl halides is 1. The van der Waals surface area contributed by atoms with E-state index < -0.39 is 12.3 Å². The number of ether oxygens (including phenoxy) is 1. The van der Waals surface area contributed by atoms with Crippen molar-refractivity contribution in [1.82, 2.24) is 20.1 Å². The van der Waals surface area contributed by atoms with E-state index in [1.54, 1.807) is 37.5 Å². The molecule has 3 aromatic rings. The molecule has 0 spiro atoms. The molecule has 2 fully saturated rings. The number of pyridine rings is 1. The topological polar surface area (TPSA) is 89.3 Å². The van der Waals surface area contributed by atoms with Crippen LogP contribution in [0.4, 0.5) is 4.39 Å². The van der Waals surface area contributed by atoms with Crippen LogP contribution < -0.4 is 15.6 Å². The Labute approximate surface area is 166 Å². The lowest BCUT2D eigenvalue weighted by molar-refractivity contribution is 0.0422. The number of aromatic nitrogens is 3. The van der Waals surface area contributed by atoms with Crippen LogP contribution in [0.2, 0.25) is 0 Å². The first-order valence-electron chi connectivity index (χ1n) is 9.73. The van der Waals surface area contributed by atoms with E-state index in [4.69, 9.17) is 4.74 Å². The number of aryl methyl sites for hydroxylation is 1. The van der Waals surface area contributed by atoms with Crippen molar-refractivity contribution < 1.29 is 14.2 Å². The molecule has 7 nitrogen and oxygen atoms in total. The van der Waals surface area contributed by atoms with Crippen LogP contribution in [-0.4, -0.2) is 44.2 Å². The van der Waals surface area contributed by atoms with Gasteiger partial charge in [0.25, 0.3) is 5.56 Å². The summed E-state index contributed by atoms with van der Waals surface area (Å²) in [5.74, 6) is 0.256. The molecule has 0 aliphatic carbocycles. The van der Waals surface area contributed by atoms with Crippen LogP contribution >= 0.6 is 0 Å². The molecular weight excluding hydrogens is 375 g/mol. The third-order valence-corrected chi connectivity index (χ3v) is 5.92. The highest BCUT2D eigenvalue weighted by atomic mass is 19.1. The lowest BCUT2D eigenvalue weighted by Crippen LogP contribution is -2.51. The van der Waals surface area contributed by atoms with Gasteiger partial charge in [0, 0.05) is 48.8 Å². The molecule has 0 saturated carbocycles. The summed E-state index contributed by atoms with van der Waals surface area (Å²) in [4.78, 5) is 12.4. The number of hydrogen-bond acceptors (Lipinski definition) is 6. The fourth-order valence-electron chi connectivity index (χ4n) is 4.33. The predicted octanol–water partition coefficient (Wildman–Crippen LogP) is 2.31. The summed E-state index contributed by atoms with van der Waals surface area (Å²) < 4.78 is 21.8. The number of halogens is 1. The van der Waals surface area contributed by atoms with Gasteiger partial charge in [0.15, 0.2) is 6.17 Å². The monoisotopic (exact) mass is 396 g/mol. The van der Waals surface area contributed by atoms with Gasteiger partial charge in [0.1, 0.15) is 11.9 Å². The van der Waals surface area contributed by atoms with E-state index in [9.17, 15) is 14.3 Å². The van der Waals surface area contributed by atoms with Crippen LogP contribution in [0.1, 0.15) is 19.3 Å². The van der Waals surface area contributed by atoms with Crippen LogP contribution in [-0.2, 0) is 7.05 Å². The summed E-state index contributed by atoms with van der Waals surface area (Å²) in [7, 11) is 1.67. The van der Waals surface area contributed by atoms with Crippen LogP contribution in [0.15, 0.2) is 41.3 Å². The van der Waals surface area contributed by atoms with Crippen molar-refractivity contribution in [2.75, 3.05) is 0 Å². The van der Waals surface area contributed by atoms with Crippen molar-refractivity contribution in [3.8, 4) is 22.9 Å². The standard InChI is InChI=1S/C21H21FN4O3/c1-26-7-6-11-8-17(27)14(10-13(11)21(26)28)15-4-5-19(25-24-15)29-18-9-12-2-3-16(23-12)20(18)22/h4-8,10,12,16,18,20,23,27H,2-3,9H2,1H3/t12?,16?,18-,20+/m1/s1. The Kier molecular flexibility index (Phi) is 4.24. The molecule has 8 heteroatoms. The first-order chi connectivity index (χ1) is 14.0. The maximum absolute atomic E-state index is 14.5. The van der Waals surface area contributed by atoms with Crippen molar-refractivity contribution in [2.24, 2.45) is 7.05 Å². The average Bonchev–Trinajstić information content (AvgIpc) is 3.13. The third-order valence-electron chi connectivity index (χ3n) is 5.92. The Morgan fingerprint density at radius 1 is 1.24 bits per heavy atom. The number of piperidine rings is 1. The van der Waals surface area contributed by atoms with E-state index in [-0.39, 0.29) is 23.2 Å². The second-order valence-corrected chi connectivity index (χ2v) is 7.83. The first kappa shape index (κ1) is 18.1. The molecule has 2 N–H and O–H groups in total. The predicted molar refractivity (Wildman–Crippen MR) is 106 cm³/mol. The summed E-state index contributed by atoms with van der Waals surface area (Å²) in [5, 5.41) is 23.0. The molecule has 2 aliphatic heterocycles. The molecule has 1 aromatic carbocycles. The van der Waals surface area contributed by atoms with Gasteiger partial charge in [-0.25, -0.2) is 4.39 Å². The quantitative estimate of drug-likeness (QED) is 0.706. The average molecular weight is 396 g/mol. The Hall–Kier alpha value is -3.00. The van der Waals surface area contributed by atoms with Crippen molar-refractivity contribution >= 4 is 10.8 Å². The number of nitrogens with zero attached hydrogens (tertiary/aromatic N) is 3. The summed E-state index contributed by atoms with van der Waals surface area (Å²) in [6.07, 6.45) is 2.45. The fourth-order valence-corrected chi connectivity index (χ4v) is 4.33. The number of benzene rings is 1. The van der Waals surface area contributed by atoms with Crippen LogP contribution in [0.3, 0.4) is 0 Å². The van der Waals surface area contributed by atoms with Crippen LogP contribution in [0.25, 0.3) is 22.0 Å². The Balaban J connectivity index is 1.42. The molecule has 4 atom stereocenters. The SMILES string of the molecule is Cn1ccc2cc(O)c(-c3ccc(O[C@@H]4CC5CCC(N5)[C@@H]4F)nn3)cc2c1=O. The van der Waals surface area contributed by atoms with Crippen LogP contribution in [0.5, 0.6) is 11.6 Å². The summed E-state index contributed by atoms with van der Waals surface area (Å²) in [5.41, 5.74) is 0.652. The molecule has 2 bridgehead atoms. The molecule has 4 heterocycles. The largest absolute Gasteiger partial charge is 0.507 e. The molecular formula is C21H21FN4O3. The normalized spacial score (nSPS) is 26.0. The molecule has 2 unspecified atom stereocenters. The first-order valence-corrected chi connectivity index (χ1v) is 9.73. The van der Waals surface area contributed by atoms with E-state index >= 15 is 0 Å². The number of rotatable bonds is 3. The van der Waals surface area contributed by atoms with E-state index in [1.807, 2.05) is 0 Å². The smallest absolute Gasteiger partial charge is 0.258 e. The molecule has 2 aliphatic rings. The van der Waals surface area contributed by atoms with Crippen molar-refractivity contribution in [3.05, 3.63) is 46.9 Å². The number of nitrogens with one attached hydrogen (secondary N) is 1. The minimum absolute atomic E-state index is 0.00692. The number of fused-ring (bicyclic) bond motifs is 3. The highest BCUT2D eigenvalue weighted by molar-refractivity contribution is 5.89. The maximum Gasteiger partial charge on any atom is 0.258 e. The second kappa shape index (κ2) is 6.81. The summed E-state index contributed by atoms with van der Waals surface area (Å²) in [6, 6.07) is 8.33. The minimum atomic E-state index is -1.07. The highest BCUT2D eigenvalue weighted by Gasteiger charge is 2.43. The highest BCUT2D eigenvalue weighted by Crippen LogP contribution is 2.33. The summed E-state index contributed by atoms with van der Waals surface area (Å²) in [6.45, 7) is 0. The number of phenols is 1. The zero-order valence-electron chi connectivity index (χ0n) is 15.9. The van der Waals surface area contributed by atoms with Gasteiger partial charge >= 0.3 is 0 Å². The fraction of sp³-hybridized carbons (Fsp3) is 0.381. The van der Waals surface area contributed by atoms with Gasteiger partial charge in [-0.1, -0.05) is 0 Å². The third kappa shape index (κ3) is 3.13. The molecule has 0 amide bonds. The number of phenolic OH excluding ortho intramolecular Hbond substituents is 1. The van der Waals surface area contributed by atoms with Gasteiger partial charge in [-0.15, -0.1) is 10.2 Å². The van der Waals surface area contributed by atoms with Crippen molar-refractivity contribution in [1.29, 1.82) is 0 Å². The van der Waals surface area contributed by atoms with E-state index in [0.717, 1.165) is 12.8 Å². The van der Waals surface area contributed by atoms with E-state index in [0.29, 0.717) is 34.5 Å². The zero-order valence-corrected chi connectivity index (χ0v) is 15.9. The van der Waals surface area contributed by atoms with Crippen molar-refractivity contribution in [3.63, 3.8) is 0 Å². The van der Waals surface area contributed by atoms with Gasteiger partial charge < -0.3 is 19.7 Å². The Morgan fingerprint density at radius 2 is 2.10 bits per heavy atom. The van der Waals surface area contributed by atoms with Gasteiger partial charge in [-0.05, 0) is 42.5 Å². The van der Waals surface area contributed by atoms with E-state index in [2.05, 4.69) is 15.5 Å². The minimum Gasteiger partial charge on any atom is -0.507 e. The van der Waals surface area contributed by atoms with Crippen LogP contribution in [0, 0.1) is 0 Å². The van der Waals surface area contributed by atoms with E-state index in [1.165, 1.54) is 10.6 Å². The molecule has 150 valence electrons. The molecule has 2 aromatic heterocycles. The lowest BCUT2D eigenvalue weighted by atomic mass is 10.0. The second-order valence-electron chi connectivity index (χ2n) is 7.83. The lowest BCUT2D eigenvalue weighted by Gasteiger charge is -2.32. The van der Waals surface area contributed by atoms with Gasteiger partial charge in [0.05, 0.1) is 5.69 Å². The number of aromatic hydroxyl groups is 1. The van der Waals surface area contributed by atoms with Crippen molar-refractivity contribution in [2.45, 2.75) is 43.6 Å². The Bertz CT molecular complexity index is 1130. The number of hydrogen-bond donors (Lipinski definition) is 2. The van der Waals surface area contributed by atoms with Gasteiger partial charge in [-0.2, -0.15) is 0 Å². The van der Waals surface area contributed by atoms with Gasteiger partial charge in [0.2, 0.25) is 5.88 Å². The summed E-state index contributed by atoms with van der Waals surface area (Å²) >= 11 is 0.